The van der Waals surface area contributed by atoms with E-state index in [9.17, 15) is 18.4 Å². The van der Waals surface area contributed by atoms with Crippen LogP contribution in [-0.2, 0) is 21.9 Å². The number of hydrogen-bond donors (Lipinski definition) is 1. The Bertz CT molecular complexity index is 799. The van der Waals surface area contributed by atoms with Crippen LogP contribution in [-0.4, -0.2) is 35.1 Å². The van der Waals surface area contributed by atoms with Gasteiger partial charge in [0.2, 0.25) is 11.8 Å². The molecule has 0 heterocycles. The highest BCUT2D eigenvalue weighted by molar-refractivity contribution is 7.99. The number of hydrogen-bond acceptors (Lipinski definition) is 3. The zero-order chi connectivity index (χ0) is 20.5. The molecule has 0 aliphatic carbocycles. The highest BCUT2D eigenvalue weighted by Gasteiger charge is 2.26. The van der Waals surface area contributed by atoms with E-state index in [1.807, 2.05) is 0 Å². The number of benzene rings is 2. The van der Waals surface area contributed by atoms with E-state index < -0.39 is 11.9 Å². The van der Waals surface area contributed by atoms with Gasteiger partial charge in [-0.1, -0.05) is 30.3 Å². The summed E-state index contributed by atoms with van der Waals surface area (Å²) < 4.78 is 27.0. The van der Waals surface area contributed by atoms with Gasteiger partial charge in [-0.15, -0.1) is 11.8 Å². The van der Waals surface area contributed by atoms with Crippen molar-refractivity contribution in [3.05, 3.63) is 71.3 Å². The summed E-state index contributed by atoms with van der Waals surface area (Å²) >= 11 is 1.37. The summed E-state index contributed by atoms with van der Waals surface area (Å²) in [4.78, 5) is 26.4. The molecule has 0 aromatic heterocycles. The van der Waals surface area contributed by atoms with Gasteiger partial charge in [-0.25, -0.2) is 8.78 Å². The number of nitrogens with one attached hydrogen (secondary N) is 1. The number of rotatable bonds is 9. The van der Waals surface area contributed by atoms with Crippen molar-refractivity contribution in [1.29, 1.82) is 0 Å². The molecule has 2 aromatic carbocycles. The lowest BCUT2D eigenvalue weighted by Gasteiger charge is -2.28. The Morgan fingerprint density at radius 1 is 1.11 bits per heavy atom. The minimum absolute atomic E-state index is 0.0148. The molecule has 4 nitrogen and oxygen atoms in total. The second kappa shape index (κ2) is 10.8. The van der Waals surface area contributed by atoms with Crippen LogP contribution in [0.5, 0.6) is 0 Å². The maximum absolute atomic E-state index is 14.1. The summed E-state index contributed by atoms with van der Waals surface area (Å²) in [6.45, 7) is 3.89. The van der Waals surface area contributed by atoms with Crippen LogP contribution in [0.2, 0.25) is 0 Å². The number of halogens is 2. The van der Waals surface area contributed by atoms with Crippen LogP contribution in [0, 0.1) is 11.6 Å². The zero-order valence-electron chi connectivity index (χ0n) is 16.0. The Labute approximate surface area is 168 Å². The van der Waals surface area contributed by atoms with E-state index in [0.29, 0.717) is 17.9 Å². The molecule has 0 fully saturated rings. The first-order valence-corrected chi connectivity index (χ1v) is 10.2. The minimum Gasteiger partial charge on any atom is -0.355 e. The van der Waals surface area contributed by atoms with Gasteiger partial charge in [0, 0.05) is 24.4 Å². The molecule has 0 aliphatic heterocycles. The first-order chi connectivity index (χ1) is 13.4. The number of amides is 2. The van der Waals surface area contributed by atoms with Gasteiger partial charge in [0.05, 0.1) is 5.75 Å². The molecule has 0 bridgehead atoms. The fourth-order valence-electron chi connectivity index (χ4n) is 2.63. The lowest BCUT2D eigenvalue weighted by molar-refractivity contribution is -0.138. The van der Waals surface area contributed by atoms with Crippen molar-refractivity contribution in [1.82, 2.24) is 10.2 Å². The molecule has 0 unspecified atom stereocenters. The van der Waals surface area contributed by atoms with Crippen molar-refractivity contribution >= 4 is 23.6 Å². The van der Waals surface area contributed by atoms with Gasteiger partial charge >= 0.3 is 0 Å². The van der Waals surface area contributed by atoms with Crippen molar-refractivity contribution in [2.45, 2.75) is 32.2 Å². The van der Waals surface area contributed by atoms with Crippen LogP contribution >= 0.6 is 11.8 Å². The first kappa shape index (κ1) is 21.9. The molecule has 2 rings (SSSR count). The van der Waals surface area contributed by atoms with Crippen molar-refractivity contribution in [2.24, 2.45) is 0 Å². The third kappa shape index (κ3) is 6.34. The van der Waals surface area contributed by atoms with Gasteiger partial charge < -0.3 is 10.2 Å². The van der Waals surface area contributed by atoms with Crippen molar-refractivity contribution in [3.63, 3.8) is 0 Å². The second-order valence-corrected chi connectivity index (χ2v) is 7.29. The van der Waals surface area contributed by atoms with Crippen LogP contribution in [0.4, 0.5) is 8.78 Å². The summed E-state index contributed by atoms with van der Waals surface area (Å²) in [6, 6.07) is 11.6. The fraction of sp³-hybridized carbons (Fsp3) is 0.333. The van der Waals surface area contributed by atoms with E-state index >= 15 is 0 Å². The van der Waals surface area contributed by atoms with Crippen LogP contribution in [0.25, 0.3) is 0 Å². The first-order valence-electron chi connectivity index (χ1n) is 9.05. The second-order valence-electron chi connectivity index (χ2n) is 6.30. The summed E-state index contributed by atoms with van der Waals surface area (Å²) in [7, 11) is 0. The Kier molecular flexibility index (Phi) is 8.44. The van der Waals surface area contributed by atoms with Gasteiger partial charge in [-0.2, -0.15) is 0 Å². The standard InChI is InChI=1S/C21H24F2N2O2S/c1-3-24-21(27)15(2)25(12-17-6-4-5-7-19(17)23)20(26)14-28-13-16-8-10-18(22)11-9-16/h4-11,15H,3,12-14H2,1-2H3,(H,24,27)/t15-/m1/s1. The molecule has 2 aromatic rings. The van der Waals surface area contributed by atoms with Crippen LogP contribution in [0.3, 0.4) is 0 Å². The van der Waals surface area contributed by atoms with Crippen LogP contribution in [0.1, 0.15) is 25.0 Å². The lowest BCUT2D eigenvalue weighted by Crippen LogP contribution is -2.48. The summed E-state index contributed by atoms with van der Waals surface area (Å²) in [5.74, 6) is -0.589. The molecular weight excluding hydrogens is 382 g/mol. The molecule has 28 heavy (non-hydrogen) atoms. The monoisotopic (exact) mass is 406 g/mol. The Morgan fingerprint density at radius 3 is 2.43 bits per heavy atom. The predicted molar refractivity (Wildman–Crippen MR) is 108 cm³/mol. The number of carbonyl (C=O) groups excluding carboxylic acids is 2. The number of nitrogens with zero attached hydrogens (tertiary/aromatic N) is 1. The van der Waals surface area contributed by atoms with Crippen molar-refractivity contribution < 1.29 is 18.4 Å². The Morgan fingerprint density at radius 2 is 1.79 bits per heavy atom. The molecule has 2 amide bonds. The molecule has 0 spiro atoms. The van der Waals surface area contributed by atoms with E-state index in [-0.39, 0.29) is 29.9 Å². The van der Waals surface area contributed by atoms with E-state index in [2.05, 4.69) is 5.32 Å². The van der Waals surface area contributed by atoms with Gasteiger partial charge in [0.25, 0.3) is 0 Å². The van der Waals surface area contributed by atoms with Crippen molar-refractivity contribution in [3.8, 4) is 0 Å². The smallest absolute Gasteiger partial charge is 0.242 e. The summed E-state index contributed by atoms with van der Waals surface area (Å²) in [6.07, 6.45) is 0. The van der Waals surface area contributed by atoms with Gasteiger partial charge in [-0.05, 0) is 37.6 Å². The number of likely N-dealkylation sites (N-methyl/N-ethyl adjacent to an activating group) is 1. The Hall–Kier alpha value is -2.41. The van der Waals surface area contributed by atoms with E-state index in [4.69, 9.17) is 0 Å². The molecule has 0 saturated heterocycles. The van der Waals surface area contributed by atoms with Gasteiger partial charge in [0.15, 0.2) is 0 Å². The quantitative estimate of drug-likeness (QED) is 0.690. The van der Waals surface area contributed by atoms with E-state index in [1.54, 1.807) is 44.2 Å². The molecule has 0 radical (unpaired) electrons. The third-order valence-corrected chi connectivity index (χ3v) is 5.21. The van der Waals surface area contributed by atoms with Crippen molar-refractivity contribution in [2.75, 3.05) is 12.3 Å². The molecule has 0 saturated carbocycles. The highest BCUT2D eigenvalue weighted by atomic mass is 32.2. The topological polar surface area (TPSA) is 49.4 Å². The Balaban J connectivity index is 2.06. The number of thioether (sulfide) groups is 1. The average molecular weight is 406 g/mol. The average Bonchev–Trinajstić information content (AvgIpc) is 2.68. The fourth-order valence-corrected chi connectivity index (χ4v) is 3.51. The SMILES string of the molecule is CCNC(=O)[C@@H](C)N(Cc1ccccc1F)C(=O)CSCc1ccc(F)cc1. The van der Waals surface area contributed by atoms with Gasteiger partial charge in [-0.3, -0.25) is 9.59 Å². The summed E-state index contributed by atoms with van der Waals surface area (Å²) in [5.41, 5.74) is 1.26. The third-order valence-electron chi connectivity index (χ3n) is 4.22. The van der Waals surface area contributed by atoms with Crippen LogP contribution < -0.4 is 5.32 Å². The molecule has 1 N–H and O–H groups in total. The lowest BCUT2D eigenvalue weighted by atomic mass is 10.1. The maximum Gasteiger partial charge on any atom is 0.242 e. The zero-order valence-corrected chi connectivity index (χ0v) is 16.8. The normalized spacial score (nSPS) is 11.7. The van der Waals surface area contributed by atoms with E-state index in [1.165, 1.54) is 34.9 Å². The van der Waals surface area contributed by atoms with Crippen LogP contribution in [0.15, 0.2) is 48.5 Å². The molecule has 0 aliphatic rings. The minimum atomic E-state index is -0.724. The predicted octanol–water partition coefficient (Wildman–Crippen LogP) is 3.75. The largest absolute Gasteiger partial charge is 0.355 e. The molecule has 1 atom stereocenters. The number of carbonyl (C=O) groups is 2. The molecular formula is C21H24F2N2O2S. The summed E-state index contributed by atoms with van der Waals surface area (Å²) in [5, 5.41) is 2.70. The van der Waals surface area contributed by atoms with E-state index in [0.717, 1.165) is 5.56 Å². The maximum atomic E-state index is 14.1. The molecule has 150 valence electrons. The molecule has 7 heteroatoms. The van der Waals surface area contributed by atoms with Gasteiger partial charge in [0.1, 0.15) is 17.7 Å². The highest BCUT2D eigenvalue weighted by Crippen LogP contribution is 2.17.